The van der Waals surface area contributed by atoms with Crippen LogP contribution in [0.4, 0.5) is 0 Å². The highest BCUT2D eigenvalue weighted by Crippen LogP contribution is 2.14. The molecule has 0 bridgehead atoms. The predicted octanol–water partition coefficient (Wildman–Crippen LogP) is 2.30. The number of aromatic nitrogens is 1. The van der Waals surface area contributed by atoms with Gasteiger partial charge in [0.25, 0.3) is 0 Å². The SMILES string of the molecule is COCCOCCNCc1ccc2nc(C)ccc2c1. The molecule has 108 valence electrons. The molecule has 0 aliphatic carbocycles. The van der Waals surface area contributed by atoms with Crippen LogP contribution >= 0.6 is 0 Å². The fourth-order valence-corrected chi connectivity index (χ4v) is 2.01. The highest BCUT2D eigenvalue weighted by molar-refractivity contribution is 5.79. The van der Waals surface area contributed by atoms with Crippen LogP contribution in [0.15, 0.2) is 30.3 Å². The molecule has 0 amide bonds. The molecule has 0 fully saturated rings. The lowest BCUT2D eigenvalue weighted by atomic mass is 10.1. The second-order valence-corrected chi connectivity index (χ2v) is 4.76. The molecule has 20 heavy (non-hydrogen) atoms. The summed E-state index contributed by atoms with van der Waals surface area (Å²) in [5, 5.41) is 4.55. The molecule has 1 aromatic heterocycles. The molecule has 0 unspecified atom stereocenters. The van der Waals surface area contributed by atoms with E-state index in [4.69, 9.17) is 9.47 Å². The third-order valence-electron chi connectivity index (χ3n) is 3.08. The maximum atomic E-state index is 5.40. The van der Waals surface area contributed by atoms with Gasteiger partial charge in [0.1, 0.15) is 0 Å². The van der Waals surface area contributed by atoms with Gasteiger partial charge >= 0.3 is 0 Å². The number of nitrogens with one attached hydrogen (secondary N) is 1. The fourth-order valence-electron chi connectivity index (χ4n) is 2.01. The molecule has 0 radical (unpaired) electrons. The summed E-state index contributed by atoms with van der Waals surface area (Å²) in [6, 6.07) is 10.5. The average molecular weight is 274 g/mol. The smallest absolute Gasteiger partial charge is 0.0705 e. The molecule has 4 heteroatoms. The van der Waals surface area contributed by atoms with Gasteiger partial charge in [0.2, 0.25) is 0 Å². The van der Waals surface area contributed by atoms with Crippen LogP contribution in [0.3, 0.4) is 0 Å². The largest absolute Gasteiger partial charge is 0.382 e. The highest BCUT2D eigenvalue weighted by Gasteiger charge is 1.98. The first-order valence-corrected chi connectivity index (χ1v) is 6.93. The van der Waals surface area contributed by atoms with Gasteiger partial charge in [-0.15, -0.1) is 0 Å². The number of hydrogen-bond donors (Lipinski definition) is 1. The molecule has 0 aliphatic heterocycles. The number of ether oxygens (including phenoxy) is 2. The summed E-state index contributed by atoms with van der Waals surface area (Å²) in [7, 11) is 1.68. The van der Waals surface area contributed by atoms with Crippen molar-refractivity contribution < 1.29 is 9.47 Å². The van der Waals surface area contributed by atoms with Crippen molar-refractivity contribution in [2.45, 2.75) is 13.5 Å². The number of rotatable bonds is 8. The van der Waals surface area contributed by atoms with Crippen LogP contribution in [-0.4, -0.2) is 38.5 Å². The van der Waals surface area contributed by atoms with Gasteiger partial charge in [0.05, 0.1) is 25.3 Å². The summed E-state index contributed by atoms with van der Waals surface area (Å²) >= 11 is 0. The molecule has 2 rings (SSSR count). The van der Waals surface area contributed by atoms with Gasteiger partial charge in [-0.2, -0.15) is 0 Å². The Hall–Kier alpha value is -1.49. The lowest BCUT2D eigenvalue weighted by Gasteiger charge is -2.07. The Morgan fingerprint density at radius 1 is 1.10 bits per heavy atom. The number of fused-ring (bicyclic) bond motifs is 1. The van der Waals surface area contributed by atoms with Gasteiger partial charge in [-0.3, -0.25) is 4.98 Å². The van der Waals surface area contributed by atoms with Crippen LogP contribution in [0.25, 0.3) is 10.9 Å². The van der Waals surface area contributed by atoms with Gasteiger partial charge in [0.15, 0.2) is 0 Å². The Morgan fingerprint density at radius 2 is 2.00 bits per heavy atom. The van der Waals surface area contributed by atoms with E-state index in [2.05, 4.69) is 34.6 Å². The van der Waals surface area contributed by atoms with Crippen LogP contribution in [0.1, 0.15) is 11.3 Å². The summed E-state index contributed by atoms with van der Waals surface area (Å²) in [6.45, 7) is 5.71. The zero-order valence-corrected chi connectivity index (χ0v) is 12.2. The summed E-state index contributed by atoms with van der Waals surface area (Å²) in [4.78, 5) is 4.50. The topological polar surface area (TPSA) is 43.4 Å². The first kappa shape index (κ1) is 14.9. The van der Waals surface area contributed by atoms with Crippen molar-refractivity contribution in [1.29, 1.82) is 0 Å². The standard InChI is InChI=1S/C16H22N2O2/c1-13-3-5-15-11-14(4-6-16(15)18-13)12-17-7-8-20-10-9-19-2/h3-6,11,17H,7-10,12H2,1-2H3. The van der Waals surface area contributed by atoms with Gasteiger partial charge in [0, 0.05) is 31.3 Å². The molecule has 1 N–H and O–H groups in total. The van der Waals surface area contributed by atoms with Crippen molar-refractivity contribution in [2.24, 2.45) is 0 Å². The van der Waals surface area contributed by atoms with Crippen molar-refractivity contribution >= 4 is 10.9 Å². The Labute approximate surface area is 120 Å². The van der Waals surface area contributed by atoms with E-state index < -0.39 is 0 Å². The molecule has 2 aromatic rings. The van der Waals surface area contributed by atoms with E-state index in [1.165, 1.54) is 10.9 Å². The maximum absolute atomic E-state index is 5.40. The third-order valence-corrected chi connectivity index (χ3v) is 3.08. The van der Waals surface area contributed by atoms with Crippen LogP contribution in [0, 0.1) is 6.92 Å². The first-order valence-electron chi connectivity index (χ1n) is 6.93. The Kier molecular flexibility index (Phi) is 5.92. The number of nitrogens with zero attached hydrogens (tertiary/aromatic N) is 1. The van der Waals surface area contributed by atoms with Crippen molar-refractivity contribution in [3.8, 4) is 0 Å². The quantitative estimate of drug-likeness (QED) is 0.750. The first-order chi connectivity index (χ1) is 9.79. The number of aryl methyl sites for hydroxylation is 1. The predicted molar refractivity (Wildman–Crippen MR) is 80.9 cm³/mol. The minimum absolute atomic E-state index is 0.650. The van der Waals surface area contributed by atoms with Crippen LogP contribution < -0.4 is 5.32 Å². The molecule has 1 heterocycles. The fraction of sp³-hybridized carbons (Fsp3) is 0.438. The zero-order valence-electron chi connectivity index (χ0n) is 12.2. The van der Waals surface area contributed by atoms with Crippen molar-refractivity contribution in [1.82, 2.24) is 10.3 Å². The minimum Gasteiger partial charge on any atom is -0.382 e. The second kappa shape index (κ2) is 7.94. The monoisotopic (exact) mass is 274 g/mol. The summed E-state index contributed by atoms with van der Waals surface area (Å²) in [5.41, 5.74) is 3.37. The van der Waals surface area contributed by atoms with Gasteiger partial charge in [-0.05, 0) is 30.7 Å². The summed E-state index contributed by atoms with van der Waals surface area (Å²) < 4.78 is 10.3. The number of pyridine rings is 1. The van der Waals surface area contributed by atoms with Crippen molar-refractivity contribution in [3.63, 3.8) is 0 Å². The molecule has 0 saturated heterocycles. The van der Waals surface area contributed by atoms with E-state index in [-0.39, 0.29) is 0 Å². The van der Waals surface area contributed by atoms with E-state index >= 15 is 0 Å². The van der Waals surface area contributed by atoms with E-state index in [1.807, 2.05) is 13.0 Å². The minimum atomic E-state index is 0.650. The van der Waals surface area contributed by atoms with Crippen LogP contribution in [0.5, 0.6) is 0 Å². The summed E-state index contributed by atoms with van der Waals surface area (Å²) in [5.74, 6) is 0. The van der Waals surface area contributed by atoms with E-state index in [1.54, 1.807) is 7.11 Å². The second-order valence-electron chi connectivity index (χ2n) is 4.76. The zero-order chi connectivity index (χ0) is 14.2. The molecule has 0 spiro atoms. The Balaban J connectivity index is 1.77. The number of methoxy groups -OCH3 is 1. The highest BCUT2D eigenvalue weighted by atomic mass is 16.5. The number of hydrogen-bond acceptors (Lipinski definition) is 4. The van der Waals surface area contributed by atoms with E-state index in [0.29, 0.717) is 19.8 Å². The average Bonchev–Trinajstić information content (AvgIpc) is 2.46. The molecule has 1 aromatic carbocycles. The lowest BCUT2D eigenvalue weighted by molar-refractivity contribution is 0.0719. The molecular weight excluding hydrogens is 252 g/mol. The third kappa shape index (κ3) is 4.56. The van der Waals surface area contributed by atoms with Crippen LogP contribution in [0.2, 0.25) is 0 Å². The molecule has 4 nitrogen and oxygen atoms in total. The Morgan fingerprint density at radius 3 is 2.85 bits per heavy atom. The Bertz CT molecular complexity index is 543. The van der Waals surface area contributed by atoms with E-state index in [0.717, 1.165) is 24.3 Å². The molecule has 0 atom stereocenters. The summed E-state index contributed by atoms with van der Waals surface area (Å²) in [6.07, 6.45) is 0. The lowest BCUT2D eigenvalue weighted by Crippen LogP contribution is -2.20. The van der Waals surface area contributed by atoms with Gasteiger partial charge in [-0.25, -0.2) is 0 Å². The van der Waals surface area contributed by atoms with Gasteiger partial charge < -0.3 is 14.8 Å². The van der Waals surface area contributed by atoms with Gasteiger partial charge in [-0.1, -0.05) is 12.1 Å². The maximum Gasteiger partial charge on any atom is 0.0705 e. The van der Waals surface area contributed by atoms with Crippen LogP contribution in [-0.2, 0) is 16.0 Å². The van der Waals surface area contributed by atoms with E-state index in [9.17, 15) is 0 Å². The normalized spacial score (nSPS) is 11.1. The van der Waals surface area contributed by atoms with Crippen molar-refractivity contribution in [3.05, 3.63) is 41.6 Å². The van der Waals surface area contributed by atoms with Crippen molar-refractivity contribution in [2.75, 3.05) is 33.5 Å². The number of benzene rings is 1. The molecule has 0 aliphatic rings. The molecular formula is C16H22N2O2. The molecule has 0 saturated carbocycles.